The highest BCUT2D eigenvalue weighted by molar-refractivity contribution is 6.23. The third kappa shape index (κ3) is 2.39. The zero-order chi connectivity index (χ0) is 19.6. The van der Waals surface area contributed by atoms with Crippen LogP contribution in [0, 0.1) is 10.8 Å². The second kappa shape index (κ2) is 5.80. The summed E-state index contributed by atoms with van der Waals surface area (Å²) in [4.78, 5) is 0. The Bertz CT molecular complexity index is 1100. The SMILES string of the molecule is CC(C)(C)C(O[Si])(c1ccc2ccc3cccc4ccc1c2c34)C(C)(C)C. The monoisotopic (exact) mass is 371 g/mol. The minimum Gasteiger partial charge on any atom is -0.408 e. The average Bonchev–Trinajstić information content (AvgIpc) is 2.59. The van der Waals surface area contributed by atoms with Gasteiger partial charge < -0.3 is 4.43 Å². The van der Waals surface area contributed by atoms with Gasteiger partial charge >= 0.3 is 0 Å². The van der Waals surface area contributed by atoms with Crippen molar-refractivity contribution in [1.82, 2.24) is 0 Å². The lowest BCUT2D eigenvalue weighted by molar-refractivity contribution is -0.118. The minimum atomic E-state index is -0.501. The summed E-state index contributed by atoms with van der Waals surface area (Å²) in [6.45, 7) is 13.6. The predicted molar refractivity (Wildman–Crippen MR) is 118 cm³/mol. The predicted octanol–water partition coefficient (Wildman–Crippen LogP) is 6.97. The molecule has 0 heterocycles. The first-order valence-electron chi connectivity index (χ1n) is 9.63. The van der Waals surface area contributed by atoms with Crippen LogP contribution < -0.4 is 0 Å². The van der Waals surface area contributed by atoms with Crippen molar-refractivity contribution in [2.45, 2.75) is 47.1 Å². The van der Waals surface area contributed by atoms with Crippen molar-refractivity contribution in [3.63, 3.8) is 0 Å². The zero-order valence-corrected chi connectivity index (χ0v) is 18.1. The molecule has 2 heteroatoms. The normalized spacial score (nSPS) is 13.9. The van der Waals surface area contributed by atoms with Crippen molar-refractivity contribution in [2.75, 3.05) is 0 Å². The molecule has 1 nitrogen and oxygen atoms in total. The Labute approximate surface area is 165 Å². The summed E-state index contributed by atoms with van der Waals surface area (Å²) < 4.78 is 6.25. The first-order chi connectivity index (χ1) is 12.6. The molecule has 0 aliphatic rings. The van der Waals surface area contributed by atoms with Crippen molar-refractivity contribution < 1.29 is 4.43 Å². The summed E-state index contributed by atoms with van der Waals surface area (Å²) >= 11 is 0. The van der Waals surface area contributed by atoms with Crippen LogP contribution in [0.3, 0.4) is 0 Å². The van der Waals surface area contributed by atoms with Crippen LogP contribution in [0.15, 0.2) is 54.6 Å². The van der Waals surface area contributed by atoms with Gasteiger partial charge in [0, 0.05) is 0 Å². The van der Waals surface area contributed by atoms with Gasteiger partial charge in [0.15, 0.2) is 0 Å². The standard InChI is InChI=1S/C25H27OSi/c1-23(2,3)25(26-27,24(4,5)6)20-15-13-18-11-10-16-8-7-9-17-12-14-19(20)22(18)21(16)17/h7-15H,1-6H3. The molecule has 4 aromatic rings. The smallest absolute Gasteiger partial charge is 0.247 e. The van der Waals surface area contributed by atoms with E-state index in [1.807, 2.05) is 0 Å². The first-order valence-corrected chi connectivity index (χ1v) is 10.0. The second-order valence-electron chi connectivity index (χ2n) is 9.75. The molecule has 0 aliphatic carbocycles. The first kappa shape index (κ1) is 18.5. The lowest BCUT2D eigenvalue weighted by atomic mass is 9.59. The Morgan fingerprint density at radius 1 is 0.630 bits per heavy atom. The van der Waals surface area contributed by atoms with Crippen LogP contribution in [0.25, 0.3) is 32.3 Å². The molecule has 4 aromatic carbocycles. The molecule has 3 radical (unpaired) electrons. The highest BCUT2D eigenvalue weighted by Gasteiger charge is 2.52. The van der Waals surface area contributed by atoms with E-state index in [4.69, 9.17) is 4.43 Å². The Balaban J connectivity index is 2.22. The maximum Gasteiger partial charge on any atom is 0.247 e. The van der Waals surface area contributed by atoms with Gasteiger partial charge in [-0.2, -0.15) is 0 Å². The largest absolute Gasteiger partial charge is 0.408 e. The maximum absolute atomic E-state index is 6.25. The van der Waals surface area contributed by atoms with Crippen LogP contribution in [0.4, 0.5) is 0 Å². The van der Waals surface area contributed by atoms with Gasteiger partial charge in [0.25, 0.3) is 0 Å². The van der Waals surface area contributed by atoms with Gasteiger partial charge in [0.05, 0.1) is 5.60 Å². The van der Waals surface area contributed by atoms with Gasteiger partial charge in [-0.15, -0.1) is 0 Å². The quantitative estimate of drug-likeness (QED) is 0.273. The van der Waals surface area contributed by atoms with Gasteiger partial charge in [-0.1, -0.05) is 96.1 Å². The van der Waals surface area contributed by atoms with Crippen molar-refractivity contribution in [2.24, 2.45) is 10.8 Å². The molecule has 0 N–H and O–H groups in total. The molecule has 4 rings (SSSR count). The minimum absolute atomic E-state index is 0.115. The lowest BCUT2D eigenvalue weighted by Crippen LogP contribution is -2.52. The van der Waals surface area contributed by atoms with E-state index in [1.165, 1.54) is 37.9 Å². The van der Waals surface area contributed by atoms with Crippen molar-refractivity contribution in [1.29, 1.82) is 0 Å². The number of hydrogen-bond acceptors (Lipinski definition) is 1. The third-order valence-electron chi connectivity index (χ3n) is 6.17. The molecular weight excluding hydrogens is 344 g/mol. The molecule has 0 aromatic heterocycles. The van der Waals surface area contributed by atoms with Crippen molar-refractivity contribution >= 4 is 42.8 Å². The van der Waals surface area contributed by atoms with Crippen LogP contribution in [-0.2, 0) is 10.0 Å². The van der Waals surface area contributed by atoms with Crippen LogP contribution in [0.5, 0.6) is 0 Å². The topological polar surface area (TPSA) is 9.23 Å². The van der Waals surface area contributed by atoms with E-state index in [9.17, 15) is 0 Å². The average molecular weight is 372 g/mol. The van der Waals surface area contributed by atoms with Crippen molar-refractivity contribution in [3.05, 3.63) is 60.2 Å². The highest BCUT2D eigenvalue weighted by atomic mass is 28.2. The Morgan fingerprint density at radius 2 is 1.11 bits per heavy atom. The van der Waals surface area contributed by atoms with E-state index in [2.05, 4.69) is 107 Å². The molecule has 0 bridgehead atoms. The molecule has 0 atom stereocenters. The summed E-state index contributed by atoms with van der Waals surface area (Å²) in [5.41, 5.74) is 0.508. The van der Waals surface area contributed by atoms with Gasteiger partial charge in [-0.05, 0) is 48.7 Å². The van der Waals surface area contributed by atoms with E-state index in [0.29, 0.717) is 0 Å². The molecular formula is C25H27OSi. The van der Waals surface area contributed by atoms with Crippen molar-refractivity contribution in [3.8, 4) is 0 Å². The van der Waals surface area contributed by atoms with Gasteiger partial charge in [0.2, 0.25) is 10.5 Å². The fraction of sp³-hybridized carbons (Fsp3) is 0.360. The summed E-state index contributed by atoms with van der Waals surface area (Å²) in [5.74, 6) is 0. The molecule has 0 fully saturated rings. The molecule has 0 spiro atoms. The van der Waals surface area contributed by atoms with Crippen LogP contribution in [-0.4, -0.2) is 10.5 Å². The van der Waals surface area contributed by atoms with E-state index in [1.54, 1.807) is 0 Å². The zero-order valence-electron chi connectivity index (χ0n) is 17.1. The Kier molecular flexibility index (Phi) is 3.96. The molecule has 137 valence electrons. The molecule has 0 amide bonds. The lowest BCUT2D eigenvalue weighted by Gasteiger charge is -2.53. The Morgan fingerprint density at radius 3 is 1.63 bits per heavy atom. The highest BCUT2D eigenvalue weighted by Crippen LogP contribution is 2.55. The maximum atomic E-state index is 6.25. The number of hydrogen-bond donors (Lipinski definition) is 0. The fourth-order valence-electron chi connectivity index (χ4n) is 5.34. The van der Waals surface area contributed by atoms with E-state index < -0.39 is 5.60 Å². The molecule has 0 saturated carbocycles. The van der Waals surface area contributed by atoms with Crippen LogP contribution in [0.1, 0.15) is 47.1 Å². The number of benzene rings is 4. The second-order valence-corrected chi connectivity index (χ2v) is 9.96. The van der Waals surface area contributed by atoms with Crippen LogP contribution in [0.2, 0.25) is 0 Å². The van der Waals surface area contributed by atoms with E-state index in [-0.39, 0.29) is 10.8 Å². The Hall–Kier alpha value is -1.90. The fourth-order valence-corrected chi connectivity index (χ4v) is 6.06. The van der Waals surface area contributed by atoms with E-state index >= 15 is 0 Å². The van der Waals surface area contributed by atoms with Gasteiger partial charge in [0.1, 0.15) is 0 Å². The molecule has 0 aliphatic heterocycles. The summed E-state index contributed by atoms with van der Waals surface area (Å²) in [5, 5.41) is 7.83. The third-order valence-corrected chi connectivity index (χ3v) is 6.48. The molecule has 0 unspecified atom stereocenters. The summed E-state index contributed by atoms with van der Waals surface area (Å²) in [6, 6.07) is 20.0. The molecule has 27 heavy (non-hydrogen) atoms. The summed E-state index contributed by atoms with van der Waals surface area (Å²) in [6.07, 6.45) is 0. The molecule has 0 saturated heterocycles. The van der Waals surface area contributed by atoms with E-state index in [0.717, 1.165) is 0 Å². The van der Waals surface area contributed by atoms with Crippen LogP contribution >= 0.6 is 0 Å². The van der Waals surface area contributed by atoms with Gasteiger partial charge in [-0.25, -0.2) is 0 Å². The van der Waals surface area contributed by atoms with Gasteiger partial charge in [-0.3, -0.25) is 0 Å². The number of rotatable bonds is 2. The summed E-state index contributed by atoms with van der Waals surface area (Å²) in [7, 11) is 3.51.